The molecule has 1 atom stereocenters. The van der Waals surface area contributed by atoms with Gasteiger partial charge < -0.3 is 10.0 Å². The molecular formula is C23H22N4O. The van der Waals surface area contributed by atoms with Crippen molar-refractivity contribution in [2.45, 2.75) is 19.9 Å². The molecule has 28 heavy (non-hydrogen) atoms. The second kappa shape index (κ2) is 7.27. The lowest BCUT2D eigenvalue weighted by Crippen LogP contribution is -2.23. The van der Waals surface area contributed by atoms with Crippen LogP contribution in [0.1, 0.15) is 24.1 Å². The minimum atomic E-state index is 0.0744. The van der Waals surface area contributed by atoms with Crippen molar-refractivity contribution >= 4 is 16.7 Å². The summed E-state index contributed by atoms with van der Waals surface area (Å²) in [5, 5.41) is 11.3. The largest absolute Gasteiger partial charge is 0.507 e. The van der Waals surface area contributed by atoms with Gasteiger partial charge in [0.1, 0.15) is 11.6 Å². The molecule has 1 unspecified atom stereocenters. The van der Waals surface area contributed by atoms with Crippen LogP contribution in [-0.4, -0.2) is 27.1 Å². The lowest BCUT2D eigenvalue weighted by atomic mass is 10.1. The smallest absolute Gasteiger partial charge is 0.165 e. The molecule has 0 aliphatic rings. The number of pyridine rings is 1. The van der Waals surface area contributed by atoms with Crippen molar-refractivity contribution in [2.24, 2.45) is 0 Å². The van der Waals surface area contributed by atoms with Gasteiger partial charge in [0, 0.05) is 24.8 Å². The number of anilines is 1. The highest BCUT2D eigenvalue weighted by atomic mass is 16.3. The molecule has 0 aliphatic carbocycles. The Labute approximate surface area is 164 Å². The zero-order chi connectivity index (χ0) is 19.7. The van der Waals surface area contributed by atoms with Crippen molar-refractivity contribution in [3.63, 3.8) is 0 Å². The zero-order valence-electron chi connectivity index (χ0n) is 16.2. The molecule has 4 rings (SSSR count). The number of para-hydroxylation sites is 1. The molecule has 0 saturated carbocycles. The first-order valence-electron chi connectivity index (χ1n) is 9.24. The fourth-order valence-corrected chi connectivity index (χ4v) is 3.31. The maximum absolute atomic E-state index is 10.3. The molecular weight excluding hydrogens is 348 g/mol. The average molecular weight is 370 g/mol. The highest BCUT2D eigenvalue weighted by Crippen LogP contribution is 2.34. The molecule has 2 aromatic heterocycles. The third-order valence-electron chi connectivity index (χ3n) is 5.06. The van der Waals surface area contributed by atoms with Crippen molar-refractivity contribution in [2.75, 3.05) is 11.9 Å². The van der Waals surface area contributed by atoms with Crippen molar-refractivity contribution in [3.8, 4) is 17.1 Å². The third kappa shape index (κ3) is 3.27. The number of phenolic OH excluding ortho intramolecular Hbond substituents is 1. The second-order valence-corrected chi connectivity index (χ2v) is 6.98. The number of rotatable bonds is 4. The fraction of sp³-hybridized carbons (Fsp3) is 0.174. The Balaban J connectivity index is 1.90. The van der Waals surface area contributed by atoms with Crippen molar-refractivity contribution in [1.29, 1.82) is 0 Å². The van der Waals surface area contributed by atoms with Crippen LogP contribution in [0, 0.1) is 6.92 Å². The van der Waals surface area contributed by atoms with Gasteiger partial charge in [0.2, 0.25) is 0 Å². The van der Waals surface area contributed by atoms with Gasteiger partial charge in [0.05, 0.1) is 17.1 Å². The summed E-state index contributed by atoms with van der Waals surface area (Å²) in [7, 11) is 2.02. The molecule has 5 nitrogen and oxygen atoms in total. The molecule has 0 saturated heterocycles. The standard InChI is InChI=1S/C23H22N4O/c1-15-10-11-18-20(13-15)25-22(19-8-4-5-9-21(19)28)26-23(18)27(3)16(2)17-7-6-12-24-14-17/h4-14,16,28H,1-3H3. The molecule has 4 aromatic rings. The average Bonchev–Trinajstić information content (AvgIpc) is 2.72. The molecule has 2 aromatic carbocycles. The highest BCUT2D eigenvalue weighted by Gasteiger charge is 2.19. The number of benzene rings is 2. The van der Waals surface area contributed by atoms with Gasteiger partial charge in [-0.05, 0) is 55.3 Å². The number of aryl methyl sites for hydroxylation is 1. The number of hydrogen-bond donors (Lipinski definition) is 1. The van der Waals surface area contributed by atoms with E-state index in [2.05, 4.69) is 35.0 Å². The van der Waals surface area contributed by atoms with Crippen LogP contribution in [-0.2, 0) is 0 Å². The lowest BCUT2D eigenvalue weighted by Gasteiger charge is -2.27. The minimum absolute atomic E-state index is 0.0744. The zero-order valence-corrected chi connectivity index (χ0v) is 16.2. The number of fused-ring (bicyclic) bond motifs is 1. The molecule has 1 N–H and O–H groups in total. The van der Waals surface area contributed by atoms with E-state index < -0.39 is 0 Å². The predicted octanol–water partition coefficient (Wildman–Crippen LogP) is 4.90. The third-order valence-corrected chi connectivity index (χ3v) is 5.06. The first-order chi connectivity index (χ1) is 13.5. The van der Waals surface area contributed by atoms with Gasteiger partial charge in [-0.3, -0.25) is 4.98 Å². The summed E-state index contributed by atoms with van der Waals surface area (Å²) in [6.45, 7) is 4.17. The first-order valence-corrected chi connectivity index (χ1v) is 9.24. The predicted molar refractivity (Wildman–Crippen MR) is 112 cm³/mol. The van der Waals surface area contributed by atoms with E-state index in [0.717, 1.165) is 27.8 Å². The number of nitrogens with zero attached hydrogens (tertiary/aromatic N) is 4. The maximum atomic E-state index is 10.3. The Kier molecular flexibility index (Phi) is 4.65. The summed E-state index contributed by atoms with van der Waals surface area (Å²) in [4.78, 5) is 15.9. The molecule has 0 bridgehead atoms. The van der Waals surface area contributed by atoms with Crippen LogP contribution in [0.25, 0.3) is 22.3 Å². The molecule has 0 spiro atoms. The lowest BCUT2D eigenvalue weighted by molar-refractivity contribution is 0.477. The number of hydrogen-bond acceptors (Lipinski definition) is 5. The van der Waals surface area contributed by atoms with E-state index in [4.69, 9.17) is 9.97 Å². The molecule has 0 radical (unpaired) electrons. The Hall–Kier alpha value is -3.47. The van der Waals surface area contributed by atoms with Crippen LogP contribution >= 0.6 is 0 Å². The maximum Gasteiger partial charge on any atom is 0.165 e. The van der Waals surface area contributed by atoms with Gasteiger partial charge in [-0.1, -0.05) is 24.3 Å². The quantitative estimate of drug-likeness (QED) is 0.553. The van der Waals surface area contributed by atoms with E-state index in [9.17, 15) is 5.11 Å². The number of phenols is 1. The molecule has 0 fully saturated rings. The van der Waals surface area contributed by atoms with Crippen LogP contribution in [0.5, 0.6) is 5.75 Å². The number of aromatic nitrogens is 3. The van der Waals surface area contributed by atoms with Crippen molar-refractivity contribution in [3.05, 3.63) is 78.1 Å². The minimum Gasteiger partial charge on any atom is -0.507 e. The van der Waals surface area contributed by atoms with Crippen LogP contribution in [0.2, 0.25) is 0 Å². The summed E-state index contributed by atoms with van der Waals surface area (Å²) in [5.41, 5.74) is 3.71. The molecule has 2 heterocycles. The topological polar surface area (TPSA) is 62.1 Å². The van der Waals surface area contributed by atoms with E-state index in [1.54, 1.807) is 18.3 Å². The van der Waals surface area contributed by atoms with Gasteiger partial charge in [-0.25, -0.2) is 9.97 Å². The van der Waals surface area contributed by atoms with Crippen molar-refractivity contribution in [1.82, 2.24) is 15.0 Å². The van der Waals surface area contributed by atoms with E-state index in [1.807, 2.05) is 44.4 Å². The Bertz CT molecular complexity index is 1130. The Morgan fingerprint density at radius 2 is 1.82 bits per heavy atom. The van der Waals surface area contributed by atoms with Crippen molar-refractivity contribution < 1.29 is 5.11 Å². The van der Waals surface area contributed by atoms with Crippen LogP contribution < -0.4 is 4.90 Å². The van der Waals surface area contributed by atoms with E-state index in [0.29, 0.717) is 11.4 Å². The molecule has 140 valence electrons. The van der Waals surface area contributed by atoms with Gasteiger partial charge in [0.15, 0.2) is 5.82 Å². The van der Waals surface area contributed by atoms with Gasteiger partial charge in [-0.2, -0.15) is 0 Å². The number of aromatic hydroxyl groups is 1. The summed E-state index contributed by atoms with van der Waals surface area (Å²) >= 11 is 0. The normalized spacial score (nSPS) is 12.1. The van der Waals surface area contributed by atoms with E-state index in [1.165, 1.54) is 0 Å². The first kappa shape index (κ1) is 17.9. The van der Waals surface area contributed by atoms with Gasteiger partial charge in [0.25, 0.3) is 0 Å². The molecule has 0 amide bonds. The summed E-state index contributed by atoms with van der Waals surface area (Å²) in [6.07, 6.45) is 3.65. The molecule has 5 heteroatoms. The van der Waals surface area contributed by atoms with Gasteiger partial charge >= 0.3 is 0 Å². The van der Waals surface area contributed by atoms with Gasteiger partial charge in [-0.15, -0.1) is 0 Å². The Morgan fingerprint density at radius 1 is 1.00 bits per heavy atom. The fourth-order valence-electron chi connectivity index (χ4n) is 3.31. The highest BCUT2D eigenvalue weighted by molar-refractivity contribution is 5.92. The summed E-state index contributed by atoms with van der Waals surface area (Å²) < 4.78 is 0. The Morgan fingerprint density at radius 3 is 2.57 bits per heavy atom. The van der Waals surface area contributed by atoms with Crippen LogP contribution in [0.15, 0.2) is 67.0 Å². The summed E-state index contributed by atoms with van der Waals surface area (Å²) in [6, 6.07) is 17.4. The SMILES string of the molecule is Cc1ccc2c(N(C)C(C)c3cccnc3)nc(-c3ccccc3O)nc2c1. The van der Waals surface area contributed by atoms with Crippen LogP contribution in [0.3, 0.4) is 0 Å². The van der Waals surface area contributed by atoms with Crippen LogP contribution in [0.4, 0.5) is 5.82 Å². The summed E-state index contributed by atoms with van der Waals surface area (Å²) in [5.74, 6) is 1.50. The second-order valence-electron chi connectivity index (χ2n) is 6.98. The van der Waals surface area contributed by atoms with E-state index >= 15 is 0 Å². The van der Waals surface area contributed by atoms with E-state index in [-0.39, 0.29) is 11.8 Å². The molecule has 0 aliphatic heterocycles. The monoisotopic (exact) mass is 370 g/mol.